The van der Waals surface area contributed by atoms with Crippen LogP contribution in [0.2, 0.25) is 0 Å². The van der Waals surface area contributed by atoms with E-state index in [0.29, 0.717) is 12.4 Å². The average molecular weight is 402 g/mol. The third-order valence-corrected chi connectivity index (χ3v) is 5.79. The summed E-state index contributed by atoms with van der Waals surface area (Å²) in [6.07, 6.45) is 2.14. The minimum Gasteiger partial charge on any atom is -0.460 e. The zero-order chi connectivity index (χ0) is 20.1. The number of para-hydroxylation sites is 1. The van der Waals surface area contributed by atoms with E-state index in [1.807, 2.05) is 36.4 Å². The first-order valence-corrected chi connectivity index (χ1v) is 10.6. The summed E-state index contributed by atoms with van der Waals surface area (Å²) in [5.41, 5.74) is 4.70. The molecule has 146 valence electrons. The Bertz CT molecular complexity index is 1120. The van der Waals surface area contributed by atoms with Gasteiger partial charge in [0.15, 0.2) is 0 Å². The Morgan fingerprint density at radius 1 is 0.931 bits per heavy atom. The fourth-order valence-electron chi connectivity index (χ4n) is 3.38. The van der Waals surface area contributed by atoms with E-state index in [1.54, 1.807) is 0 Å². The van der Waals surface area contributed by atoms with Crippen LogP contribution in [0.3, 0.4) is 0 Å². The first-order valence-electron chi connectivity index (χ1n) is 9.65. The Morgan fingerprint density at radius 2 is 1.69 bits per heavy atom. The molecule has 0 saturated heterocycles. The van der Waals surface area contributed by atoms with Gasteiger partial charge in [0.2, 0.25) is 0 Å². The number of ether oxygens (including phenoxy) is 1. The van der Waals surface area contributed by atoms with Gasteiger partial charge in [-0.3, -0.25) is 4.79 Å². The van der Waals surface area contributed by atoms with Gasteiger partial charge >= 0.3 is 5.97 Å². The number of esters is 1. The smallest absolute Gasteiger partial charge is 0.316 e. The van der Waals surface area contributed by atoms with Crippen LogP contribution in [0.5, 0.6) is 0 Å². The van der Waals surface area contributed by atoms with Gasteiger partial charge in [-0.05, 0) is 24.1 Å². The summed E-state index contributed by atoms with van der Waals surface area (Å²) in [6.45, 7) is 3.23. The molecule has 0 bridgehead atoms. The molecule has 0 aliphatic carbocycles. The van der Waals surface area contributed by atoms with Crippen molar-refractivity contribution < 1.29 is 9.53 Å². The zero-order valence-corrected chi connectivity index (χ0v) is 17.2. The molecule has 1 heterocycles. The maximum absolute atomic E-state index is 12.2. The Labute approximate surface area is 175 Å². The van der Waals surface area contributed by atoms with Gasteiger partial charge in [0.25, 0.3) is 0 Å². The van der Waals surface area contributed by atoms with Crippen molar-refractivity contribution in [3.8, 4) is 0 Å². The van der Waals surface area contributed by atoms with E-state index < -0.39 is 0 Å². The number of thioether (sulfide) groups is 1. The average Bonchev–Trinajstić information content (AvgIpc) is 3.09. The molecule has 3 nitrogen and oxygen atoms in total. The first kappa shape index (κ1) is 19.3. The summed E-state index contributed by atoms with van der Waals surface area (Å²) < 4.78 is 7.66. The molecule has 3 aromatic carbocycles. The Balaban J connectivity index is 1.45. The second-order valence-corrected chi connectivity index (χ2v) is 8.08. The summed E-state index contributed by atoms with van der Waals surface area (Å²) in [5.74, 6) is 0.0973. The highest BCUT2D eigenvalue weighted by Crippen LogP contribution is 2.30. The summed E-state index contributed by atoms with van der Waals surface area (Å²) in [5, 5.41) is 1.17. The maximum atomic E-state index is 12.2. The topological polar surface area (TPSA) is 31.2 Å². The lowest BCUT2D eigenvalue weighted by atomic mass is 10.1. The van der Waals surface area contributed by atoms with Crippen molar-refractivity contribution in [2.24, 2.45) is 0 Å². The highest BCUT2D eigenvalue weighted by molar-refractivity contribution is 8.00. The van der Waals surface area contributed by atoms with Gasteiger partial charge in [-0.1, -0.05) is 78.4 Å². The number of benzene rings is 3. The minimum atomic E-state index is -0.200. The molecule has 0 amide bonds. The Hall–Kier alpha value is -2.98. The lowest BCUT2D eigenvalue weighted by molar-refractivity contribution is -0.141. The van der Waals surface area contributed by atoms with Crippen molar-refractivity contribution in [2.75, 3.05) is 5.75 Å². The van der Waals surface area contributed by atoms with Crippen molar-refractivity contribution in [3.63, 3.8) is 0 Å². The number of hydrogen-bond acceptors (Lipinski definition) is 3. The fraction of sp³-hybridized carbons (Fsp3) is 0.160. The molecule has 4 aromatic rings. The molecule has 0 spiro atoms. The fourth-order valence-corrected chi connectivity index (χ4v) is 4.27. The molecule has 4 heteroatoms. The highest BCUT2D eigenvalue weighted by Gasteiger charge is 2.12. The van der Waals surface area contributed by atoms with Crippen molar-refractivity contribution in [1.29, 1.82) is 0 Å². The molecule has 1 aromatic heterocycles. The number of carbonyl (C=O) groups excluding carboxylic acids is 1. The number of fused-ring (bicyclic) bond motifs is 1. The molecule has 0 radical (unpaired) electrons. The lowest BCUT2D eigenvalue weighted by Crippen LogP contribution is -2.07. The third-order valence-electron chi connectivity index (χ3n) is 4.78. The van der Waals surface area contributed by atoms with Gasteiger partial charge < -0.3 is 9.30 Å². The first-order chi connectivity index (χ1) is 14.2. The number of rotatable bonds is 7. The molecule has 0 aliphatic rings. The highest BCUT2D eigenvalue weighted by atomic mass is 32.2. The molecule has 29 heavy (non-hydrogen) atoms. The predicted octanol–water partition coefficient (Wildman–Crippen LogP) is 5.83. The van der Waals surface area contributed by atoms with Crippen LogP contribution in [0, 0.1) is 6.92 Å². The van der Waals surface area contributed by atoms with Crippen molar-refractivity contribution in [3.05, 3.63) is 102 Å². The van der Waals surface area contributed by atoms with Gasteiger partial charge in [-0.25, -0.2) is 0 Å². The van der Waals surface area contributed by atoms with Crippen LogP contribution in [0.1, 0.15) is 16.7 Å². The maximum Gasteiger partial charge on any atom is 0.316 e. The molecule has 0 saturated carbocycles. The van der Waals surface area contributed by atoms with E-state index in [1.165, 1.54) is 33.8 Å². The van der Waals surface area contributed by atoms with Crippen LogP contribution in [-0.2, 0) is 22.7 Å². The largest absolute Gasteiger partial charge is 0.460 e. The number of aromatic nitrogens is 1. The number of nitrogens with zero attached hydrogens (tertiary/aromatic N) is 1. The normalized spacial score (nSPS) is 10.9. The third kappa shape index (κ3) is 4.90. The molecular formula is C25H23NO2S. The Morgan fingerprint density at radius 3 is 2.52 bits per heavy atom. The molecule has 0 aliphatic heterocycles. The quantitative estimate of drug-likeness (QED) is 0.288. The SMILES string of the molecule is Cc1cccc(Cn2cc(SCC(=O)OCc3ccccc3)c3ccccc32)c1. The number of aryl methyl sites for hydroxylation is 1. The predicted molar refractivity (Wildman–Crippen MR) is 119 cm³/mol. The van der Waals surface area contributed by atoms with Crippen molar-refractivity contribution in [1.82, 2.24) is 4.57 Å². The summed E-state index contributed by atoms with van der Waals surface area (Å²) in [4.78, 5) is 13.3. The van der Waals surface area contributed by atoms with Crippen molar-refractivity contribution >= 4 is 28.6 Å². The van der Waals surface area contributed by atoms with Crippen LogP contribution in [-0.4, -0.2) is 16.3 Å². The second-order valence-electron chi connectivity index (χ2n) is 7.06. The van der Waals surface area contributed by atoms with Crippen LogP contribution >= 0.6 is 11.8 Å². The molecule has 0 fully saturated rings. The lowest BCUT2D eigenvalue weighted by Gasteiger charge is -2.06. The van der Waals surface area contributed by atoms with Crippen LogP contribution in [0.15, 0.2) is 90.0 Å². The Kier molecular flexibility index (Phi) is 6.01. The van der Waals surface area contributed by atoms with Gasteiger partial charge in [0, 0.05) is 28.5 Å². The summed E-state index contributed by atoms with van der Waals surface area (Å²) >= 11 is 1.53. The minimum absolute atomic E-state index is 0.200. The standard InChI is InChI=1S/C25H23NO2S/c1-19-8-7-11-21(14-19)15-26-16-24(22-12-5-6-13-23(22)26)29-18-25(27)28-17-20-9-3-2-4-10-20/h2-14,16H,15,17-18H2,1H3. The zero-order valence-electron chi connectivity index (χ0n) is 16.4. The van der Waals surface area contributed by atoms with Crippen LogP contribution in [0.25, 0.3) is 10.9 Å². The molecule has 0 atom stereocenters. The van der Waals surface area contributed by atoms with Crippen LogP contribution < -0.4 is 0 Å². The van der Waals surface area contributed by atoms with Crippen molar-refractivity contribution in [2.45, 2.75) is 25.0 Å². The van der Waals surface area contributed by atoms with Gasteiger partial charge in [-0.15, -0.1) is 11.8 Å². The van der Waals surface area contributed by atoms with Gasteiger partial charge in [0.1, 0.15) is 6.61 Å². The summed E-state index contributed by atoms with van der Waals surface area (Å²) in [7, 11) is 0. The van der Waals surface area contributed by atoms with Gasteiger partial charge in [-0.2, -0.15) is 0 Å². The monoisotopic (exact) mass is 401 g/mol. The molecule has 4 rings (SSSR count). The van der Waals surface area contributed by atoms with E-state index in [-0.39, 0.29) is 5.97 Å². The molecular weight excluding hydrogens is 378 g/mol. The van der Waals surface area contributed by atoms with Crippen LogP contribution in [0.4, 0.5) is 0 Å². The van der Waals surface area contributed by atoms with E-state index in [2.05, 4.69) is 60.2 Å². The number of hydrogen-bond donors (Lipinski definition) is 0. The molecule has 0 N–H and O–H groups in total. The van der Waals surface area contributed by atoms with E-state index >= 15 is 0 Å². The second kappa shape index (κ2) is 9.01. The summed E-state index contributed by atoms with van der Waals surface area (Å²) in [6, 6.07) is 26.7. The molecule has 0 unspecified atom stereocenters. The van der Waals surface area contributed by atoms with E-state index in [4.69, 9.17) is 4.74 Å². The van der Waals surface area contributed by atoms with E-state index in [9.17, 15) is 4.79 Å². The van der Waals surface area contributed by atoms with E-state index in [0.717, 1.165) is 17.0 Å². The van der Waals surface area contributed by atoms with Gasteiger partial charge in [0.05, 0.1) is 5.75 Å². The number of carbonyl (C=O) groups is 1.